The minimum absolute atomic E-state index is 0.00126. The fraction of sp³-hybridized carbons (Fsp3) is 0.250. The quantitative estimate of drug-likeness (QED) is 0.00986. The first-order chi connectivity index (χ1) is 46.5. The van der Waals surface area contributed by atoms with Crippen LogP contribution >= 0.6 is 0 Å². The van der Waals surface area contributed by atoms with E-state index in [2.05, 4.69) is 55.6 Å². The Morgan fingerprint density at radius 1 is 0.629 bits per heavy atom. The lowest BCUT2D eigenvalue weighted by Crippen LogP contribution is -2.15. The van der Waals surface area contributed by atoms with Gasteiger partial charge in [0, 0.05) is 75.7 Å². The van der Waals surface area contributed by atoms with E-state index in [0.717, 1.165) is 16.7 Å². The van der Waals surface area contributed by atoms with Gasteiger partial charge >= 0.3 is 5.97 Å². The maximum absolute atomic E-state index is 13.2. The molecule has 4 aliphatic rings. The van der Waals surface area contributed by atoms with Crippen LogP contribution in [0.3, 0.4) is 0 Å². The molecule has 97 heavy (non-hydrogen) atoms. The van der Waals surface area contributed by atoms with Gasteiger partial charge in [-0.05, 0) is 94.5 Å². The summed E-state index contributed by atoms with van der Waals surface area (Å²) < 4.78 is 73.2. The number of aromatic nitrogens is 10. The van der Waals surface area contributed by atoms with Crippen LogP contribution in [0.5, 0.6) is 0 Å². The Hall–Kier alpha value is -12.3. The number of hydrogen-bond donors (Lipinski definition) is 5. The summed E-state index contributed by atoms with van der Waals surface area (Å²) in [5.74, 6) is -0.159. The molecule has 7 aromatic heterocycles. The number of alkyl halides is 4. The number of anilines is 2. The Bertz CT molecular complexity index is 4750. The molecule has 1 unspecified atom stereocenters. The highest BCUT2D eigenvalue weighted by atomic mass is 19.1. The van der Waals surface area contributed by atoms with Gasteiger partial charge in [-0.2, -0.15) is 15.0 Å². The smallest absolute Gasteiger partial charge is 0.354 e. The Balaban J connectivity index is 0.000000132. The number of aryl methyl sites for hydroxylation is 4. The zero-order valence-corrected chi connectivity index (χ0v) is 51.6. The number of nitrogen functional groups attached to an aromatic ring is 1. The predicted molar refractivity (Wildman–Crippen MR) is 337 cm³/mol. The SMILES string of the molecule is Cc1ccc(-c2noc([C@H]3C[C@@H]3F)n2)cc1N.Cc1ccc(-c2noc([C@H]3C[C@@H]3F)n2)cc1NC(=O)c1cnc2ccccn12.Cc1ccc(-c2noc([C@H]3C[C@@H]3F)n2)cc1[N+](=O)[O-].Cc1ccc(/C(N)=N/O)cc1[N+](=O)[O-].O=C(O)c1cnc2ccccn12.O=COC1C[C@@H]1F. The van der Waals surface area contributed by atoms with E-state index in [0.29, 0.717) is 105 Å². The van der Waals surface area contributed by atoms with Crippen LogP contribution in [-0.2, 0) is 9.53 Å². The molecule has 33 heteroatoms. The van der Waals surface area contributed by atoms with Crippen LogP contribution in [0.15, 0.2) is 153 Å². The molecule has 4 fully saturated rings. The number of benzene rings is 4. The van der Waals surface area contributed by atoms with E-state index in [1.165, 1.54) is 22.7 Å². The number of amidine groups is 1. The van der Waals surface area contributed by atoms with Crippen molar-refractivity contribution in [3.63, 3.8) is 0 Å². The van der Waals surface area contributed by atoms with Gasteiger partial charge in [-0.15, -0.1) is 0 Å². The number of aromatic carboxylic acids is 1. The Kier molecular flexibility index (Phi) is 20.4. The minimum atomic E-state index is -0.964. The summed E-state index contributed by atoms with van der Waals surface area (Å²) in [5.41, 5.74) is 19.6. The number of nitro benzene ring substituents is 2. The largest absolute Gasteiger partial charge is 0.477 e. The zero-order chi connectivity index (χ0) is 69.4. The van der Waals surface area contributed by atoms with Gasteiger partial charge < -0.3 is 45.4 Å². The van der Waals surface area contributed by atoms with E-state index < -0.39 is 46.6 Å². The number of nitrogens with two attached hydrogens (primary N) is 2. The van der Waals surface area contributed by atoms with E-state index in [9.17, 15) is 52.2 Å². The van der Waals surface area contributed by atoms with Crippen LogP contribution in [0.2, 0.25) is 0 Å². The highest BCUT2D eigenvalue weighted by molar-refractivity contribution is 6.04. The van der Waals surface area contributed by atoms with Crippen molar-refractivity contribution in [3.05, 3.63) is 211 Å². The molecule has 4 aliphatic carbocycles. The van der Waals surface area contributed by atoms with Crippen molar-refractivity contribution in [2.24, 2.45) is 10.9 Å². The lowest BCUT2D eigenvalue weighted by molar-refractivity contribution is -0.385. The summed E-state index contributed by atoms with van der Waals surface area (Å²) in [4.78, 5) is 74.0. The number of halogens is 4. The molecule has 15 rings (SSSR count). The van der Waals surface area contributed by atoms with E-state index in [-0.39, 0.29) is 64.8 Å². The number of carbonyl (C=O) groups is 3. The molecule has 0 bridgehead atoms. The first kappa shape index (κ1) is 67.6. The minimum Gasteiger partial charge on any atom is -0.477 e. The second kappa shape index (κ2) is 29.3. The standard InChI is InChI=1S/C20H16FN5O2.C12H10FN3O3.C12H12FN3O.C8H9N3O3.C8H6N2O2.C4H5FO2/c1-11-5-6-12(18-24-20(28-25-18)13-9-14(13)21)8-15(11)23-19(27)16-10-22-17-4-2-3-7-26(16)17;1-6-2-3-7(4-10(6)16(17)18)11-14-12(19-15-11)8-5-9(8)13;1-6-2-3-7(4-10(6)14)11-15-12(17-16-11)8-5-9(8)13;1-5-2-3-6(8(9)10-12)4-7(5)11(13)14;11-8(12)6-5-9-7-3-1-2-4-10(6)7;5-3-1-4(3)7-2-6/h2-8,10,13-14H,9H2,1H3,(H,23,27);2-4,8-9H,5H2,1H3;2-4,8-9H,5,14H2,1H3;2-4,12H,1H3,(H2,9,10);1-5H,(H,11,12);2-4H,1H2/t13-,14-;2*8-,9-;;;3-,4?/m000..0/s1. The van der Waals surface area contributed by atoms with Crippen LogP contribution in [0.1, 0.15) is 110 Å². The molecule has 4 aromatic carbocycles. The fourth-order valence-electron chi connectivity index (χ4n) is 9.14. The number of nitrogens with one attached hydrogen (secondary N) is 1. The first-order valence-corrected chi connectivity index (χ1v) is 29.5. The maximum atomic E-state index is 13.2. The monoisotopic (exact) mass is 1330 g/mol. The van der Waals surface area contributed by atoms with Crippen LogP contribution in [0.25, 0.3) is 45.5 Å². The van der Waals surface area contributed by atoms with Crippen LogP contribution < -0.4 is 16.8 Å². The third-order valence-electron chi connectivity index (χ3n) is 15.3. The van der Waals surface area contributed by atoms with Gasteiger partial charge in [-0.25, -0.2) is 32.3 Å². The molecule has 0 spiro atoms. The van der Waals surface area contributed by atoms with Gasteiger partial charge in [0.25, 0.3) is 23.8 Å². The van der Waals surface area contributed by atoms with Gasteiger partial charge in [0.15, 0.2) is 11.5 Å². The number of oxime groups is 1. The summed E-state index contributed by atoms with van der Waals surface area (Å²) in [7, 11) is 0. The number of pyridine rings is 2. The summed E-state index contributed by atoms with van der Waals surface area (Å²) in [6, 6.07) is 31.0. The second-order valence-corrected chi connectivity index (χ2v) is 22.5. The number of hydrogen-bond acceptors (Lipinski definition) is 22. The highest BCUT2D eigenvalue weighted by Crippen LogP contribution is 2.45. The van der Waals surface area contributed by atoms with Gasteiger partial charge in [0.2, 0.25) is 35.1 Å². The van der Waals surface area contributed by atoms with E-state index in [1.54, 1.807) is 85.4 Å². The molecule has 4 saturated carbocycles. The molecular formula is C64H58F4N16O13. The number of carbonyl (C=O) groups excluding carboxylic acids is 2. The summed E-state index contributed by atoms with van der Waals surface area (Å²) in [5, 5.41) is 55.7. The van der Waals surface area contributed by atoms with Crippen molar-refractivity contribution in [3.8, 4) is 34.2 Å². The van der Waals surface area contributed by atoms with Gasteiger partial charge in [-0.1, -0.05) is 81.3 Å². The fourth-order valence-corrected chi connectivity index (χ4v) is 9.14. The van der Waals surface area contributed by atoms with E-state index >= 15 is 0 Å². The lowest BCUT2D eigenvalue weighted by atomic mass is 10.1. The summed E-state index contributed by atoms with van der Waals surface area (Å²) >= 11 is 0. The van der Waals surface area contributed by atoms with Crippen molar-refractivity contribution in [1.82, 2.24) is 49.2 Å². The average molecular weight is 1340 g/mol. The van der Waals surface area contributed by atoms with Crippen LogP contribution in [0.4, 0.5) is 40.3 Å². The first-order valence-electron chi connectivity index (χ1n) is 29.5. The molecular weight excluding hydrogens is 1280 g/mol. The second-order valence-electron chi connectivity index (χ2n) is 22.5. The topological polar surface area (TPSA) is 415 Å². The van der Waals surface area contributed by atoms with Gasteiger partial charge in [0.05, 0.1) is 40.0 Å². The third-order valence-corrected chi connectivity index (χ3v) is 15.3. The van der Waals surface area contributed by atoms with Gasteiger partial charge in [-0.3, -0.25) is 38.6 Å². The number of fused-ring (bicyclic) bond motifs is 2. The number of rotatable bonds is 14. The number of nitrogens with zero attached hydrogens (tertiary/aromatic N) is 13. The number of amides is 1. The number of carboxylic acid groups (broad SMARTS) is 1. The average Bonchev–Trinajstić information content (AvgIpc) is 1.67. The molecule has 7 heterocycles. The molecule has 500 valence electrons. The predicted octanol–water partition coefficient (Wildman–Crippen LogP) is 11.3. The van der Waals surface area contributed by atoms with Crippen LogP contribution in [-0.4, -0.2) is 124 Å². The van der Waals surface area contributed by atoms with E-state index in [4.69, 9.17) is 35.4 Å². The third kappa shape index (κ3) is 16.5. The van der Waals surface area contributed by atoms with Gasteiger partial charge in [0.1, 0.15) is 47.8 Å². The molecule has 0 aliphatic heterocycles. The van der Waals surface area contributed by atoms with Crippen molar-refractivity contribution >= 4 is 58.2 Å². The Morgan fingerprint density at radius 3 is 1.49 bits per heavy atom. The number of nitro groups is 2. The highest BCUT2D eigenvalue weighted by Gasteiger charge is 2.45. The zero-order valence-electron chi connectivity index (χ0n) is 51.6. The maximum Gasteiger partial charge on any atom is 0.354 e. The van der Waals surface area contributed by atoms with Crippen molar-refractivity contribution in [2.75, 3.05) is 11.1 Å². The lowest BCUT2D eigenvalue weighted by Gasteiger charge is -2.09. The summed E-state index contributed by atoms with van der Waals surface area (Å²) in [6.07, 6.45) is 4.10. The molecule has 29 nitrogen and oxygen atoms in total. The number of imidazole rings is 2. The Morgan fingerprint density at radius 2 is 1.06 bits per heavy atom. The van der Waals surface area contributed by atoms with E-state index in [1.807, 2.05) is 62.4 Å². The molecule has 0 radical (unpaired) electrons. The number of carboxylic acids is 1. The molecule has 1 amide bonds. The number of ether oxygens (including phenoxy) is 1. The molecule has 11 aromatic rings. The molecule has 8 atom stereocenters. The Labute approximate surface area is 545 Å². The molecule has 7 N–H and O–H groups in total. The van der Waals surface area contributed by atoms with Crippen molar-refractivity contribution < 1.29 is 70.4 Å². The van der Waals surface area contributed by atoms with Crippen molar-refractivity contribution in [2.45, 2.75) is 102 Å². The molecule has 0 saturated heterocycles. The van der Waals surface area contributed by atoms with Crippen LogP contribution in [0, 0.1) is 47.9 Å². The summed E-state index contributed by atoms with van der Waals surface area (Å²) in [6.45, 7) is 7.38. The van der Waals surface area contributed by atoms with Crippen molar-refractivity contribution in [1.29, 1.82) is 0 Å². The normalized spacial score (nSPS) is 19.1.